The molecular formula is C12H19N2+. The van der Waals surface area contributed by atoms with E-state index in [1.807, 2.05) is 6.07 Å². The predicted octanol–water partition coefficient (Wildman–Crippen LogP) is 1.44. The summed E-state index contributed by atoms with van der Waals surface area (Å²) < 4.78 is 1.12. The Balaban J connectivity index is 2.30. The number of nitrogen functional groups attached to an aromatic ring is 1. The zero-order chi connectivity index (χ0) is 10.2. The standard InChI is InChI=1S/C12H19N2/c1-14(2)7-5-10-3-4-12(13)9-11(10)6-8-14/h3-4,9H,5-8,13H2,1-2H3/q+1. The van der Waals surface area contributed by atoms with E-state index in [-0.39, 0.29) is 0 Å². The van der Waals surface area contributed by atoms with Crippen molar-refractivity contribution in [2.24, 2.45) is 0 Å². The summed E-state index contributed by atoms with van der Waals surface area (Å²) in [4.78, 5) is 0. The van der Waals surface area contributed by atoms with Crippen LogP contribution in [0.25, 0.3) is 0 Å². The monoisotopic (exact) mass is 191 g/mol. The summed E-state index contributed by atoms with van der Waals surface area (Å²) in [6.45, 7) is 2.45. The van der Waals surface area contributed by atoms with E-state index >= 15 is 0 Å². The van der Waals surface area contributed by atoms with E-state index in [0.717, 1.165) is 16.6 Å². The lowest BCUT2D eigenvalue weighted by Crippen LogP contribution is -2.41. The van der Waals surface area contributed by atoms with Crippen LogP contribution in [0.2, 0.25) is 0 Å². The first-order valence-electron chi connectivity index (χ1n) is 5.26. The van der Waals surface area contributed by atoms with Gasteiger partial charge in [0.05, 0.1) is 27.2 Å². The molecule has 14 heavy (non-hydrogen) atoms. The minimum Gasteiger partial charge on any atom is -0.399 e. The Kier molecular flexibility index (Phi) is 2.23. The highest BCUT2D eigenvalue weighted by atomic mass is 15.3. The molecule has 0 aliphatic carbocycles. The molecule has 0 bridgehead atoms. The number of hydrogen-bond acceptors (Lipinski definition) is 1. The van der Waals surface area contributed by atoms with Crippen molar-refractivity contribution in [3.63, 3.8) is 0 Å². The molecule has 1 aromatic carbocycles. The zero-order valence-electron chi connectivity index (χ0n) is 9.09. The second-order valence-corrected chi connectivity index (χ2v) is 4.91. The van der Waals surface area contributed by atoms with Crippen LogP contribution in [0.1, 0.15) is 11.1 Å². The summed E-state index contributed by atoms with van der Waals surface area (Å²) in [5.41, 5.74) is 9.64. The Labute approximate surface area is 85.9 Å². The topological polar surface area (TPSA) is 26.0 Å². The third-order valence-electron chi connectivity index (χ3n) is 3.20. The molecule has 0 unspecified atom stereocenters. The van der Waals surface area contributed by atoms with Crippen molar-refractivity contribution in [2.45, 2.75) is 12.8 Å². The third-order valence-corrected chi connectivity index (χ3v) is 3.20. The van der Waals surface area contributed by atoms with Crippen LogP contribution in [-0.2, 0) is 12.8 Å². The van der Waals surface area contributed by atoms with Gasteiger partial charge in [-0.1, -0.05) is 6.07 Å². The van der Waals surface area contributed by atoms with Crippen LogP contribution in [0, 0.1) is 0 Å². The van der Waals surface area contributed by atoms with Crippen LogP contribution in [0.15, 0.2) is 18.2 Å². The van der Waals surface area contributed by atoms with E-state index in [0.29, 0.717) is 0 Å². The van der Waals surface area contributed by atoms with Crippen molar-refractivity contribution in [1.29, 1.82) is 0 Å². The molecule has 1 aliphatic heterocycles. The second-order valence-electron chi connectivity index (χ2n) is 4.91. The maximum atomic E-state index is 5.80. The van der Waals surface area contributed by atoms with E-state index < -0.39 is 0 Å². The summed E-state index contributed by atoms with van der Waals surface area (Å²) in [5, 5.41) is 0. The number of nitrogens with zero attached hydrogens (tertiary/aromatic N) is 1. The minimum absolute atomic E-state index is 0.899. The van der Waals surface area contributed by atoms with E-state index in [9.17, 15) is 0 Å². The van der Waals surface area contributed by atoms with Crippen LogP contribution >= 0.6 is 0 Å². The maximum Gasteiger partial charge on any atom is 0.0823 e. The van der Waals surface area contributed by atoms with E-state index in [4.69, 9.17) is 5.73 Å². The van der Waals surface area contributed by atoms with Gasteiger partial charge in [0.25, 0.3) is 0 Å². The normalized spacial score (nSPS) is 19.9. The van der Waals surface area contributed by atoms with Gasteiger partial charge in [-0.05, 0) is 23.3 Å². The molecule has 2 heteroatoms. The van der Waals surface area contributed by atoms with Gasteiger partial charge in [0.1, 0.15) is 0 Å². The van der Waals surface area contributed by atoms with Crippen LogP contribution in [0.4, 0.5) is 5.69 Å². The lowest BCUT2D eigenvalue weighted by atomic mass is 10.0. The van der Waals surface area contributed by atoms with Gasteiger partial charge in [0.2, 0.25) is 0 Å². The highest BCUT2D eigenvalue weighted by Crippen LogP contribution is 2.20. The molecule has 76 valence electrons. The van der Waals surface area contributed by atoms with Gasteiger partial charge in [0.15, 0.2) is 0 Å². The summed E-state index contributed by atoms with van der Waals surface area (Å²) >= 11 is 0. The van der Waals surface area contributed by atoms with Gasteiger partial charge in [-0.2, -0.15) is 0 Å². The van der Waals surface area contributed by atoms with Gasteiger partial charge in [-0.3, -0.25) is 0 Å². The number of likely N-dealkylation sites (N-methyl/N-ethyl adjacent to an activating group) is 1. The van der Waals surface area contributed by atoms with Crippen LogP contribution in [0.3, 0.4) is 0 Å². The van der Waals surface area contributed by atoms with Crippen molar-refractivity contribution >= 4 is 5.69 Å². The molecule has 0 amide bonds. The van der Waals surface area contributed by atoms with Crippen molar-refractivity contribution in [2.75, 3.05) is 32.9 Å². The molecule has 1 aliphatic rings. The Morgan fingerprint density at radius 1 is 1.07 bits per heavy atom. The molecule has 1 aromatic rings. The fraction of sp³-hybridized carbons (Fsp3) is 0.500. The van der Waals surface area contributed by atoms with Crippen LogP contribution in [-0.4, -0.2) is 31.7 Å². The predicted molar refractivity (Wildman–Crippen MR) is 60.1 cm³/mol. The molecule has 2 nitrogen and oxygen atoms in total. The maximum absolute atomic E-state index is 5.80. The minimum atomic E-state index is 0.899. The number of hydrogen-bond donors (Lipinski definition) is 1. The molecule has 0 radical (unpaired) electrons. The molecule has 0 fully saturated rings. The largest absolute Gasteiger partial charge is 0.399 e. The number of benzene rings is 1. The van der Waals surface area contributed by atoms with Crippen molar-refractivity contribution in [1.82, 2.24) is 0 Å². The van der Waals surface area contributed by atoms with E-state index in [2.05, 4.69) is 26.2 Å². The summed E-state index contributed by atoms with van der Waals surface area (Å²) in [6.07, 6.45) is 2.34. The highest BCUT2D eigenvalue weighted by molar-refractivity contribution is 5.45. The number of quaternary nitrogens is 1. The third kappa shape index (κ3) is 1.90. The van der Waals surface area contributed by atoms with Gasteiger partial charge in [-0.15, -0.1) is 0 Å². The molecule has 0 spiro atoms. The SMILES string of the molecule is C[N+]1(C)CCc2ccc(N)cc2CC1. The van der Waals surface area contributed by atoms with E-state index in [1.54, 1.807) is 0 Å². The first-order valence-corrected chi connectivity index (χ1v) is 5.26. The molecule has 0 saturated heterocycles. The van der Waals surface area contributed by atoms with E-state index in [1.165, 1.54) is 30.6 Å². The Bertz CT molecular complexity index is 342. The number of nitrogens with two attached hydrogens (primary N) is 1. The molecule has 0 saturated carbocycles. The Hall–Kier alpha value is -1.02. The molecule has 2 N–H and O–H groups in total. The summed E-state index contributed by atoms with van der Waals surface area (Å²) in [6, 6.07) is 6.35. The van der Waals surface area contributed by atoms with Crippen LogP contribution < -0.4 is 5.73 Å². The van der Waals surface area contributed by atoms with Gasteiger partial charge < -0.3 is 10.2 Å². The summed E-state index contributed by atoms with van der Waals surface area (Å²) in [5.74, 6) is 0. The molecule has 2 rings (SSSR count). The van der Waals surface area contributed by atoms with Crippen LogP contribution in [0.5, 0.6) is 0 Å². The van der Waals surface area contributed by atoms with Crippen molar-refractivity contribution in [3.05, 3.63) is 29.3 Å². The van der Waals surface area contributed by atoms with Gasteiger partial charge >= 0.3 is 0 Å². The molecular weight excluding hydrogens is 172 g/mol. The van der Waals surface area contributed by atoms with Gasteiger partial charge in [-0.25, -0.2) is 0 Å². The fourth-order valence-electron chi connectivity index (χ4n) is 2.08. The average Bonchev–Trinajstić information content (AvgIpc) is 2.26. The first kappa shape index (κ1) is 9.53. The average molecular weight is 191 g/mol. The Morgan fingerprint density at radius 3 is 2.43 bits per heavy atom. The zero-order valence-corrected chi connectivity index (χ0v) is 9.09. The smallest absolute Gasteiger partial charge is 0.0823 e. The summed E-state index contributed by atoms with van der Waals surface area (Å²) in [7, 11) is 4.60. The fourth-order valence-corrected chi connectivity index (χ4v) is 2.08. The number of fused-ring (bicyclic) bond motifs is 1. The van der Waals surface area contributed by atoms with Crippen molar-refractivity contribution in [3.8, 4) is 0 Å². The second kappa shape index (κ2) is 3.28. The number of anilines is 1. The first-order chi connectivity index (χ1) is 6.57. The molecule has 1 heterocycles. The van der Waals surface area contributed by atoms with Gasteiger partial charge in [0, 0.05) is 18.5 Å². The van der Waals surface area contributed by atoms with Crippen molar-refractivity contribution < 1.29 is 4.48 Å². The Morgan fingerprint density at radius 2 is 1.71 bits per heavy atom. The lowest BCUT2D eigenvalue weighted by Gasteiger charge is -2.27. The molecule has 0 atom stereocenters. The number of rotatable bonds is 0. The highest BCUT2D eigenvalue weighted by Gasteiger charge is 2.20. The quantitative estimate of drug-likeness (QED) is 0.487. The lowest BCUT2D eigenvalue weighted by molar-refractivity contribution is -0.889. The molecule has 0 aromatic heterocycles.